The summed E-state index contributed by atoms with van der Waals surface area (Å²) in [5.74, 6) is 1.11. The van der Waals surface area contributed by atoms with Crippen molar-refractivity contribution >= 4 is 28.0 Å². The number of allylic oxidation sites excluding steroid dienone is 8. The van der Waals surface area contributed by atoms with E-state index in [1.54, 1.807) is 24.2 Å². The van der Waals surface area contributed by atoms with E-state index in [2.05, 4.69) is 78.0 Å². The van der Waals surface area contributed by atoms with Gasteiger partial charge in [-0.25, -0.2) is 23.3 Å². The zero-order valence-electron chi connectivity index (χ0n) is 13.3. The molecular formula is C17H26Cl2Zr. The minimum absolute atomic E-state index is 0. The molecule has 2 atom stereocenters. The van der Waals surface area contributed by atoms with Gasteiger partial charge in [0.15, 0.2) is 0 Å². The Bertz CT molecular complexity index is 354. The molecule has 0 aliphatic heterocycles. The van der Waals surface area contributed by atoms with Crippen molar-refractivity contribution in [2.24, 2.45) is 11.8 Å². The van der Waals surface area contributed by atoms with Crippen LogP contribution in [0.5, 0.6) is 0 Å². The third kappa shape index (κ3) is 16.3. The SMILES string of the molecule is CC1=[C-]C(C)C=C1.CC1=[C-]C(C)C=C1.C[C](C)=[Zr+2].Cl.Cl. The molecule has 20 heavy (non-hydrogen) atoms. The summed E-state index contributed by atoms with van der Waals surface area (Å²) >= 11 is 1.55. The molecule has 2 rings (SSSR count). The van der Waals surface area contributed by atoms with Gasteiger partial charge in [-0.2, -0.15) is 12.2 Å². The van der Waals surface area contributed by atoms with Crippen LogP contribution in [0.3, 0.4) is 0 Å². The molecule has 0 fully saturated rings. The van der Waals surface area contributed by atoms with E-state index >= 15 is 0 Å². The van der Waals surface area contributed by atoms with Gasteiger partial charge in [-0.15, -0.1) is 24.8 Å². The number of hydrogen-bond donors (Lipinski definition) is 0. The van der Waals surface area contributed by atoms with Gasteiger partial charge in [0.25, 0.3) is 0 Å². The summed E-state index contributed by atoms with van der Waals surface area (Å²) in [6, 6.07) is 0. The van der Waals surface area contributed by atoms with Crippen LogP contribution in [-0.2, 0) is 24.2 Å². The van der Waals surface area contributed by atoms with Crippen LogP contribution in [0.2, 0.25) is 0 Å². The molecule has 2 unspecified atom stereocenters. The van der Waals surface area contributed by atoms with E-state index in [9.17, 15) is 0 Å². The van der Waals surface area contributed by atoms with E-state index in [-0.39, 0.29) is 24.8 Å². The predicted molar refractivity (Wildman–Crippen MR) is 92.3 cm³/mol. The topological polar surface area (TPSA) is 0 Å². The number of rotatable bonds is 0. The molecule has 2 aliphatic carbocycles. The van der Waals surface area contributed by atoms with Crippen LogP contribution < -0.4 is 0 Å². The first-order chi connectivity index (χ1) is 8.31. The van der Waals surface area contributed by atoms with E-state index < -0.39 is 0 Å². The Morgan fingerprint density at radius 2 is 1.15 bits per heavy atom. The van der Waals surface area contributed by atoms with Crippen molar-refractivity contribution in [1.29, 1.82) is 0 Å². The summed E-state index contributed by atoms with van der Waals surface area (Å²) in [5, 5.41) is 0. The summed E-state index contributed by atoms with van der Waals surface area (Å²) in [5.41, 5.74) is 2.54. The van der Waals surface area contributed by atoms with Crippen molar-refractivity contribution in [2.75, 3.05) is 0 Å². The van der Waals surface area contributed by atoms with Gasteiger partial charge < -0.3 is 0 Å². The van der Waals surface area contributed by atoms with Gasteiger partial charge in [0.05, 0.1) is 0 Å². The van der Waals surface area contributed by atoms with Gasteiger partial charge in [0.2, 0.25) is 0 Å². The minimum Gasteiger partial charge on any atom is -0.147 e. The Hall–Kier alpha value is 0.293. The van der Waals surface area contributed by atoms with E-state index in [1.165, 1.54) is 14.4 Å². The second-order valence-corrected chi connectivity index (χ2v) is 7.41. The maximum atomic E-state index is 3.22. The molecule has 112 valence electrons. The van der Waals surface area contributed by atoms with Gasteiger partial charge in [0, 0.05) is 0 Å². The molecule has 0 nitrogen and oxygen atoms in total. The molecule has 0 aromatic carbocycles. The van der Waals surface area contributed by atoms with E-state index in [0.29, 0.717) is 11.8 Å². The summed E-state index contributed by atoms with van der Waals surface area (Å²) < 4.78 is 1.51. The second kappa shape index (κ2) is 14.2. The Morgan fingerprint density at radius 1 is 0.900 bits per heavy atom. The molecule has 0 aromatic heterocycles. The first kappa shape index (κ1) is 25.3. The van der Waals surface area contributed by atoms with Crippen LogP contribution in [0.1, 0.15) is 41.5 Å². The van der Waals surface area contributed by atoms with Crippen LogP contribution in [0.25, 0.3) is 0 Å². The molecular weight excluding hydrogens is 366 g/mol. The van der Waals surface area contributed by atoms with Gasteiger partial charge in [0.1, 0.15) is 0 Å². The first-order valence-electron chi connectivity index (χ1n) is 6.39. The maximum absolute atomic E-state index is 3.22. The van der Waals surface area contributed by atoms with Crippen LogP contribution in [0, 0.1) is 24.0 Å². The standard InChI is InChI=1S/2C7H9.C3H6.2ClH.Zr/c2*1-6-3-4-7(2)5-6;1-3-2;;;/h2*3-4,6H,1-2H3;1-2H3;2*1H;/q2*-1;;;;+2. The second-order valence-electron chi connectivity index (χ2n) is 4.95. The monoisotopic (exact) mass is 390 g/mol. The zero-order valence-corrected chi connectivity index (χ0v) is 17.4. The van der Waals surface area contributed by atoms with Crippen molar-refractivity contribution in [3.63, 3.8) is 0 Å². The Balaban J connectivity index is -0.000000215. The fourth-order valence-corrected chi connectivity index (χ4v) is 1.49. The molecule has 0 radical (unpaired) electrons. The summed E-state index contributed by atoms with van der Waals surface area (Å²) in [7, 11) is 0. The van der Waals surface area contributed by atoms with Gasteiger partial charge in [-0.1, -0.05) is 39.5 Å². The third-order valence-corrected chi connectivity index (χ3v) is 2.18. The molecule has 0 spiro atoms. The number of halogens is 2. The van der Waals surface area contributed by atoms with Gasteiger partial charge in [-0.3, -0.25) is 12.2 Å². The van der Waals surface area contributed by atoms with Crippen molar-refractivity contribution in [1.82, 2.24) is 0 Å². The zero-order chi connectivity index (χ0) is 14.1. The minimum atomic E-state index is 0. The van der Waals surface area contributed by atoms with Gasteiger partial charge in [-0.05, 0) is 0 Å². The van der Waals surface area contributed by atoms with E-state index in [0.717, 1.165) is 0 Å². The fourth-order valence-electron chi connectivity index (χ4n) is 1.49. The molecule has 0 saturated heterocycles. The maximum Gasteiger partial charge on any atom is -0.147 e. The molecule has 2 aliphatic rings. The van der Waals surface area contributed by atoms with Crippen molar-refractivity contribution in [2.45, 2.75) is 41.5 Å². The van der Waals surface area contributed by atoms with Crippen LogP contribution in [0.15, 0.2) is 35.5 Å². The fraction of sp³-hybridized carbons (Fsp3) is 0.471. The molecule has 3 heteroatoms. The average Bonchev–Trinajstić information content (AvgIpc) is 2.76. The predicted octanol–water partition coefficient (Wildman–Crippen LogP) is 5.47. The molecule has 0 amide bonds. The summed E-state index contributed by atoms with van der Waals surface area (Å²) in [6.07, 6.45) is 14.9. The number of hydrogen-bond acceptors (Lipinski definition) is 0. The van der Waals surface area contributed by atoms with Crippen molar-refractivity contribution in [3.05, 3.63) is 47.6 Å². The largest absolute Gasteiger partial charge is 0.147 e. The smallest absolute Gasteiger partial charge is 0.147 e. The Morgan fingerprint density at radius 3 is 1.20 bits per heavy atom. The molecule has 0 aromatic rings. The van der Waals surface area contributed by atoms with E-state index in [1.807, 2.05) is 0 Å². The molecule has 0 heterocycles. The van der Waals surface area contributed by atoms with Crippen molar-refractivity contribution in [3.8, 4) is 0 Å². The van der Waals surface area contributed by atoms with Gasteiger partial charge >= 0.3 is 41.3 Å². The van der Waals surface area contributed by atoms with Crippen LogP contribution in [0.4, 0.5) is 0 Å². The van der Waals surface area contributed by atoms with E-state index in [4.69, 9.17) is 0 Å². The summed E-state index contributed by atoms with van der Waals surface area (Å²) in [6.45, 7) is 12.6. The first-order valence-corrected chi connectivity index (χ1v) is 7.62. The third-order valence-electron chi connectivity index (χ3n) is 2.18. The normalized spacial score (nSPS) is 21.2. The quantitative estimate of drug-likeness (QED) is 0.479. The Labute approximate surface area is 152 Å². The average molecular weight is 393 g/mol. The molecule has 0 saturated carbocycles. The van der Waals surface area contributed by atoms with Crippen LogP contribution in [-0.4, -0.2) is 3.21 Å². The summed E-state index contributed by atoms with van der Waals surface area (Å²) in [4.78, 5) is 0. The van der Waals surface area contributed by atoms with Crippen molar-refractivity contribution < 1.29 is 24.2 Å². The molecule has 0 bridgehead atoms. The molecule has 0 N–H and O–H groups in total. The Kier molecular flexibility index (Phi) is 18.0. The van der Waals surface area contributed by atoms with Crippen LogP contribution >= 0.6 is 24.8 Å².